The lowest BCUT2D eigenvalue weighted by Gasteiger charge is -2.10. The van der Waals surface area contributed by atoms with Crippen molar-refractivity contribution in [3.63, 3.8) is 0 Å². The van der Waals surface area contributed by atoms with Crippen molar-refractivity contribution in [3.8, 4) is 5.69 Å². The lowest BCUT2D eigenvalue weighted by Crippen LogP contribution is -2.25. The number of alkyl halides is 4. The maximum atomic E-state index is 13.1. The Balaban J connectivity index is 2.41. The number of benzene rings is 1. The summed E-state index contributed by atoms with van der Waals surface area (Å²) in [6.45, 7) is 3.66. The zero-order valence-electron chi connectivity index (χ0n) is 10.2. The second kappa shape index (κ2) is 4.64. The Hall–Kier alpha value is -1.92. The molecule has 0 aliphatic rings. The van der Waals surface area contributed by atoms with E-state index in [9.17, 15) is 17.6 Å². The van der Waals surface area contributed by atoms with Crippen LogP contribution in [0, 0.1) is 13.8 Å². The molecule has 0 radical (unpaired) electrons. The van der Waals surface area contributed by atoms with Gasteiger partial charge in [-0.05, 0) is 25.5 Å². The molecule has 19 heavy (non-hydrogen) atoms. The van der Waals surface area contributed by atoms with Crippen LogP contribution < -0.4 is 0 Å². The Morgan fingerprint density at radius 3 is 2.47 bits per heavy atom. The highest BCUT2D eigenvalue weighted by molar-refractivity contribution is 5.41. The van der Waals surface area contributed by atoms with Gasteiger partial charge in [0, 0.05) is 0 Å². The molecule has 0 fully saturated rings. The van der Waals surface area contributed by atoms with Crippen LogP contribution >= 0.6 is 0 Å². The maximum Gasteiger partial charge on any atom is 0.367 e. The number of aromatic nitrogens is 3. The van der Waals surface area contributed by atoms with Crippen molar-refractivity contribution in [1.29, 1.82) is 0 Å². The molecule has 0 bridgehead atoms. The Bertz CT molecular complexity index is 592. The third-order valence-corrected chi connectivity index (χ3v) is 2.66. The molecule has 7 heteroatoms. The number of hydrogen-bond donors (Lipinski definition) is 0. The number of aryl methyl sites for hydroxylation is 2. The lowest BCUT2D eigenvalue weighted by atomic mass is 10.1. The molecule has 0 aliphatic carbocycles. The van der Waals surface area contributed by atoms with Crippen molar-refractivity contribution in [2.75, 3.05) is 0 Å². The van der Waals surface area contributed by atoms with Crippen LogP contribution in [0.2, 0.25) is 0 Å². The van der Waals surface area contributed by atoms with Gasteiger partial charge in [0.2, 0.25) is 5.82 Å². The SMILES string of the molecule is Cc1ccc(-n2cnc(C(F)(F)C(F)F)n2)c(C)c1. The predicted molar refractivity (Wildman–Crippen MR) is 60.7 cm³/mol. The first-order chi connectivity index (χ1) is 8.82. The highest BCUT2D eigenvalue weighted by Crippen LogP contribution is 2.32. The van der Waals surface area contributed by atoms with E-state index in [-0.39, 0.29) is 0 Å². The summed E-state index contributed by atoms with van der Waals surface area (Å²) in [5.74, 6) is -5.52. The Labute approximate surface area is 106 Å². The van der Waals surface area contributed by atoms with Crippen molar-refractivity contribution < 1.29 is 17.6 Å². The van der Waals surface area contributed by atoms with Gasteiger partial charge in [0.15, 0.2) is 0 Å². The summed E-state index contributed by atoms with van der Waals surface area (Å²) in [4.78, 5) is 3.27. The molecule has 0 atom stereocenters. The minimum atomic E-state index is -4.34. The molecule has 0 saturated heterocycles. The Kier molecular flexibility index (Phi) is 3.30. The first kappa shape index (κ1) is 13.5. The molecule has 1 heterocycles. The molecule has 0 aliphatic heterocycles. The first-order valence-electron chi connectivity index (χ1n) is 5.48. The molecule has 1 aromatic carbocycles. The molecule has 2 rings (SSSR count). The van der Waals surface area contributed by atoms with E-state index in [1.54, 1.807) is 19.1 Å². The highest BCUT2D eigenvalue weighted by atomic mass is 19.3. The van der Waals surface area contributed by atoms with Gasteiger partial charge < -0.3 is 0 Å². The zero-order valence-corrected chi connectivity index (χ0v) is 10.2. The molecule has 0 N–H and O–H groups in total. The largest absolute Gasteiger partial charge is 0.367 e. The third-order valence-electron chi connectivity index (χ3n) is 2.66. The van der Waals surface area contributed by atoms with Gasteiger partial charge >= 0.3 is 12.3 Å². The minimum absolute atomic E-state index is 0.523. The van der Waals surface area contributed by atoms with E-state index in [0.717, 1.165) is 22.1 Å². The highest BCUT2D eigenvalue weighted by Gasteiger charge is 2.46. The quantitative estimate of drug-likeness (QED) is 0.804. The first-order valence-corrected chi connectivity index (χ1v) is 5.48. The van der Waals surface area contributed by atoms with Gasteiger partial charge in [-0.1, -0.05) is 17.7 Å². The normalized spacial score (nSPS) is 12.2. The van der Waals surface area contributed by atoms with Crippen LogP contribution in [0.3, 0.4) is 0 Å². The summed E-state index contributed by atoms with van der Waals surface area (Å²) in [5, 5.41) is 3.44. The van der Waals surface area contributed by atoms with Gasteiger partial charge in [-0.2, -0.15) is 8.78 Å². The van der Waals surface area contributed by atoms with Crippen molar-refractivity contribution >= 4 is 0 Å². The average Bonchev–Trinajstić information content (AvgIpc) is 2.78. The smallest absolute Gasteiger partial charge is 0.220 e. The average molecular weight is 273 g/mol. The van der Waals surface area contributed by atoms with Crippen LogP contribution in [-0.2, 0) is 5.92 Å². The standard InChI is InChI=1S/C12H11F4N3/c1-7-3-4-9(8(2)5-7)19-6-17-11(18-19)12(15,16)10(13)14/h3-6,10H,1-2H3. The fourth-order valence-electron chi connectivity index (χ4n) is 1.69. The Morgan fingerprint density at radius 2 is 1.89 bits per heavy atom. The molecule has 0 unspecified atom stereocenters. The number of halogens is 4. The van der Waals surface area contributed by atoms with E-state index in [0.29, 0.717) is 5.69 Å². The summed E-state index contributed by atoms with van der Waals surface area (Å²) in [7, 11) is 0. The van der Waals surface area contributed by atoms with Crippen LogP contribution in [-0.4, -0.2) is 21.2 Å². The second-order valence-corrected chi connectivity index (χ2v) is 4.23. The van der Waals surface area contributed by atoms with Crippen LogP contribution in [0.15, 0.2) is 24.5 Å². The van der Waals surface area contributed by atoms with Crippen LogP contribution in [0.5, 0.6) is 0 Å². The van der Waals surface area contributed by atoms with Crippen molar-refractivity contribution in [1.82, 2.24) is 14.8 Å². The maximum absolute atomic E-state index is 13.1. The van der Waals surface area contributed by atoms with E-state index in [4.69, 9.17) is 0 Å². The second-order valence-electron chi connectivity index (χ2n) is 4.23. The van der Waals surface area contributed by atoms with Gasteiger partial charge in [0.25, 0.3) is 0 Å². The summed E-state index contributed by atoms with van der Waals surface area (Å²) < 4.78 is 51.6. The molecule has 3 nitrogen and oxygen atoms in total. The zero-order chi connectivity index (χ0) is 14.2. The summed E-state index contributed by atoms with van der Waals surface area (Å²) in [5.41, 5.74) is 2.31. The van der Waals surface area contributed by atoms with E-state index < -0.39 is 18.2 Å². The number of hydrogen-bond acceptors (Lipinski definition) is 2. The van der Waals surface area contributed by atoms with Gasteiger partial charge in [-0.25, -0.2) is 18.4 Å². The fourth-order valence-corrected chi connectivity index (χ4v) is 1.69. The topological polar surface area (TPSA) is 30.7 Å². The van der Waals surface area contributed by atoms with Crippen molar-refractivity contribution in [2.24, 2.45) is 0 Å². The molecule has 0 saturated carbocycles. The van der Waals surface area contributed by atoms with Gasteiger partial charge in [0.05, 0.1) is 5.69 Å². The van der Waals surface area contributed by atoms with Crippen molar-refractivity contribution in [3.05, 3.63) is 41.5 Å². The van der Waals surface area contributed by atoms with Crippen molar-refractivity contribution in [2.45, 2.75) is 26.2 Å². The van der Waals surface area contributed by atoms with Crippen LogP contribution in [0.25, 0.3) is 5.69 Å². The van der Waals surface area contributed by atoms with Gasteiger partial charge in [-0.15, -0.1) is 5.10 Å². The van der Waals surface area contributed by atoms with E-state index in [2.05, 4.69) is 10.1 Å². The van der Waals surface area contributed by atoms with Crippen LogP contribution in [0.1, 0.15) is 17.0 Å². The Morgan fingerprint density at radius 1 is 1.21 bits per heavy atom. The molecule has 102 valence electrons. The minimum Gasteiger partial charge on any atom is -0.220 e. The monoisotopic (exact) mass is 273 g/mol. The lowest BCUT2D eigenvalue weighted by molar-refractivity contribution is -0.140. The molecular formula is C12H11F4N3. The molecule has 2 aromatic rings. The van der Waals surface area contributed by atoms with E-state index >= 15 is 0 Å². The van der Waals surface area contributed by atoms with Crippen LogP contribution in [0.4, 0.5) is 17.6 Å². The number of rotatable bonds is 3. The summed E-state index contributed by atoms with van der Waals surface area (Å²) >= 11 is 0. The third kappa shape index (κ3) is 2.45. The molecule has 0 spiro atoms. The predicted octanol–water partition coefficient (Wildman–Crippen LogP) is 3.24. The molecule has 1 aromatic heterocycles. The summed E-state index contributed by atoms with van der Waals surface area (Å²) in [6, 6.07) is 5.28. The van der Waals surface area contributed by atoms with E-state index in [1.807, 2.05) is 13.0 Å². The molecular weight excluding hydrogens is 262 g/mol. The summed E-state index contributed by atoms with van der Waals surface area (Å²) in [6.07, 6.45) is -2.83. The fraction of sp³-hybridized carbons (Fsp3) is 0.333. The molecule has 0 amide bonds. The number of nitrogens with zero attached hydrogens (tertiary/aromatic N) is 3. The van der Waals surface area contributed by atoms with E-state index in [1.165, 1.54) is 0 Å². The van der Waals surface area contributed by atoms with Gasteiger partial charge in [-0.3, -0.25) is 0 Å². The van der Waals surface area contributed by atoms with Gasteiger partial charge in [0.1, 0.15) is 6.33 Å².